The quantitative estimate of drug-likeness (QED) is 0.583. The highest BCUT2D eigenvalue weighted by molar-refractivity contribution is 7.92. The van der Waals surface area contributed by atoms with Crippen LogP contribution in [0.1, 0.15) is 18.1 Å². The Balaban J connectivity index is 3.31. The molecule has 1 aromatic rings. The average Bonchev–Trinajstić information content (AvgIpc) is 2.27. The summed E-state index contributed by atoms with van der Waals surface area (Å²) in [6.45, 7) is 1.36. The van der Waals surface area contributed by atoms with Gasteiger partial charge in [0.15, 0.2) is 0 Å². The summed E-state index contributed by atoms with van der Waals surface area (Å²) in [5, 5.41) is 7.08. The van der Waals surface area contributed by atoms with E-state index in [0.717, 1.165) is 12.1 Å². The van der Waals surface area contributed by atoms with Gasteiger partial charge in [-0.05, 0) is 25.1 Å². The van der Waals surface area contributed by atoms with Crippen molar-refractivity contribution in [1.29, 1.82) is 5.41 Å². The van der Waals surface area contributed by atoms with Crippen LogP contribution in [-0.4, -0.2) is 20.0 Å². The molecule has 0 bridgehead atoms. The summed E-state index contributed by atoms with van der Waals surface area (Å²) in [5.74, 6) is -1.000. The molecule has 0 radical (unpaired) electrons. The van der Waals surface area contributed by atoms with Gasteiger partial charge >= 0.3 is 6.18 Å². The molecule has 0 aliphatic carbocycles. The number of amidine groups is 1. The molecule has 1 aromatic carbocycles. The van der Waals surface area contributed by atoms with E-state index in [4.69, 9.17) is 11.1 Å². The summed E-state index contributed by atoms with van der Waals surface area (Å²) >= 11 is 0. The Morgan fingerprint density at radius 2 is 2.00 bits per heavy atom. The van der Waals surface area contributed by atoms with Crippen LogP contribution in [0.4, 0.5) is 18.9 Å². The number of nitrogens with one attached hydrogen (secondary N) is 2. The molecule has 0 amide bonds. The van der Waals surface area contributed by atoms with Gasteiger partial charge in [-0.25, -0.2) is 8.42 Å². The fourth-order valence-corrected chi connectivity index (χ4v) is 1.96. The molecule has 0 aliphatic rings. The molecular formula is C10H12F3N3O2S. The second-order valence-electron chi connectivity index (χ2n) is 3.68. The van der Waals surface area contributed by atoms with Gasteiger partial charge in [-0.15, -0.1) is 0 Å². The first-order chi connectivity index (χ1) is 8.57. The van der Waals surface area contributed by atoms with Gasteiger partial charge in [-0.1, -0.05) is 0 Å². The van der Waals surface area contributed by atoms with E-state index in [9.17, 15) is 21.6 Å². The lowest BCUT2D eigenvalue weighted by atomic mass is 10.1. The second kappa shape index (κ2) is 5.08. The van der Waals surface area contributed by atoms with Crippen LogP contribution in [-0.2, 0) is 16.2 Å². The van der Waals surface area contributed by atoms with E-state index in [0.29, 0.717) is 6.07 Å². The van der Waals surface area contributed by atoms with Gasteiger partial charge in [0.05, 0.1) is 11.3 Å². The largest absolute Gasteiger partial charge is 0.417 e. The standard InChI is InChI=1S/C10H12F3N3O2S/c1-2-19(17,18)16-6-3-4-7(9(14)15)8(5-6)10(11,12)13/h3-5,16H,2H2,1H3,(H3,14,15). The lowest BCUT2D eigenvalue weighted by Crippen LogP contribution is -2.20. The topological polar surface area (TPSA) is 96.0 Å². The Morgan fingerprint density at radius 1 is 1.42 bits per heavy atom. The molecule has 4 N–H and O–H groups in total. The maximum Gasteiger partial charge on any atom is 0.417 e. The maximum absolute atomic E-state index is 12.8. The van der Waals surface area contributed by atoms with Crippen molar-refractivity contribution >= 4 is 21.5 Å². The summed E-state index contributed by atoms with van der Waals surface area (Å²) in [4.78, 5) is 0. The minimum absolute atomic E-state index is 0.223. The summed E-state index contributed by atoms with van der Waals surface area (Å²) in [5.41, 5.74) is 3.19. The van der Waals surface area contributed by atoms with Gasteiger partial charge < -0.3 is 5.73 Å². The Kier molecular flexibility index (Phi) is 4.09. The number of alkyl halides is 3. The predicted octanol–water partition coefficient (Wildman–Crippen LogP) is 1.75. The number of rotatable bonds is 4. The van der Waals surface area contributed by atoms with E-state index in [2.05, 4.69) is 0 Å². The van der Waals surface area contributed by atoms with Gasteiger partial charge in [0.2, 0.25) is 10.0 Å². The van der Waals surface area contributed by atoms with Crippen LogP contribution in [0.25, 0.3) is 0 Å². The van der Waals surface area contributed by atoms with Gasteiger partial charge in [0.25, 0.3) is 0 Å². The van der Waals surface area contributed by atoms with Crippen LogP contribution in [0.5, 0.6) is 0 Å². The van der Waals surface area contributed by atoms with Crippen LogP contribution in [0.3, 0.4) is 0 Å². The molecule has 0 saturated carbocycles. The minimum atomic E-state index is -4.73. The van der Waals surface area contributed by atoms with Crippen molar-refractivity contribution in [2.45, 2.75) is 13.1 Å². The molecule has 106 valence electrons. The molecule has 1 rings (SSSR count). The zero-order valence-electron chi connectivity index (χ0n) is 9.88. The SMILES string of the molecule is CCS(=O)(=O)Nc1ccc(C(=N)N)c(C(F)(F)F)c1. The molecule has 0 saturated heterocycles. The predicted molar refractivity (Wildman–Crippen MR) is 65.5 cm³/mol. The zero-order valence-corrected chi connectivity index (χ0v) is 10.7. The molecule has 0 atom stereocenters. The first-order valence-corrected chi connectivity index (χ1v) is 6.78. The summed E-state index contributed by atoms with van der Waals surface area (Å²) in [7, 11) is -3.67. The molecule has 0 aromatic heterocycles. The van der Waals surface area contributed by atoms with Crippen molar-refractivity contribution in [3.63, 3.8) is 0 Å². The molecule has 0 heterocycles. The van der Waals surface area contributed by atoms with E-state index >= 15 is 0 Å². The Morgan fingerprint density at radius 3 is 2.42 bits per heavy atom. The van der Waals surface area contributed by atoms with E-state index in [1.165, 1.54) is 6.92 Å². The number of hydrogen-bond donors (Lipinski definition) is 3. The highest BCUT2D eigenvalue weighted by Gasteiger charge is 2.34. The lowest BCUT2D eigenvalue weighted by Gasteiger charge is -2.14. The summed E-state index contributed by atoms with van der Waals surface area (Å²) < 4.78 is 62.9. The van der Waals surface area contributed by atoms with E-state index in [-0.39, 0.29) is 11.4 Å². The Labute approximate surface area is 108 Å². The van der Waals surface area contributed by atoms with Crippen LogP contribution in [0, 0.1) is 5.41 Å². The first kappa shape index (κ1) is 15.3. The van der Waals surface area contributed by atoms with Crippen molar-refractivity contribution in [3.8, 4) is 0 Å². The smallest absolute Gasteiger partial charge is 0.384 e. The van der Waals surface area contributed by atoms with Gasteiger partial charge in [0, 0.05) is 11.3 Å². The highest BCUT2D eigenvalue weighted by Crippen LogP contribution is 2.33. The third kappa shape index (κ3) is 3.85. The number of nitrogen functional groups attached to an aromatic ring is 1. The second-order valence-corrected chi connectivity index (χ2v) is 5.69. The zero-order chi connectivity index (χ0) is 14.8. The van der Waals surface area contributed by atoms with Crippen LogP contribution >= 0.6 is 0 Å². The third-order valence-electron chi connectivity index (χ3n) is 2.27. The fourth-order valence-electron chi connectivity index (χ4n) is 1.33. The van der Waals surface area contributed by atoms with Crippen molar-refractivity contribution < 1.29 is 21.6 Å². The number of hydrogen-bond acceptors (Lipinski definition) is 3. The minimum Gasteiger partial charge on any atom is -0.384 e. The molecule has 0 spiro atoms. The number of halogens is 3. The first-order valence-electron chi connectivity index (χ1n) is 5.13. The van der Waals surface area contributed by atoms with Crippen LogP contribution in [0.15, 0.2) is 18.2 Å². The van der Waals surface area contributed by atoms with Gasteiger partial charge in [0.1, 0.15) is 5.84 Å². The molecule has 5 nitrogen and oxygen atoms in total. The van der Waals surface area contributed by atoms with Crippen molar-refractivity contribution in [3.05, 3.63) is 29.3 Å². The number of benzene rings is 1. The van der Waals surface area contributed by atoms with Crippen LogP contribution in [0.2, 0.25) is 0 Å². The fraction of sp³-hybridized carbons (Fsp3) is 0.300. The van der Waals surface area contributed by atoms with E-state index in [1.54, 1.807) is 0 Å². The number of nitrogens with two attached hydrogens (primary N) is 1. The molecular weight excluding hydrogens is 283 g/mol. The van der Waals surface area contributed by atoms with Crippen molar-refractivity contribution in [1.82, 2.24) is 0 Å². The third-order valence-corrected chi connectivity index (χ3v) is 3.58. The highest BCUT2D eigenvalue weighted by atomic mass is 32.2. The van der Waals surface area contributed by atoms with Crippen LogP contribution < -0.4 is 10.5 Å². The molecule has 0 fully saturated rings. The molecule has 19 heavy (non-hydrogen) atoms. The molecule has 0 unspecified atom stereocenters. The van der Waals surface area contributed by atoms with Gasteiger partial charge in [-0.3, -0.25) is 10.1 Å². The van der Waals surface area contributed by atoms with E-state index < -0.39 is 33.2 Å². The Bertz CT molecular complexity index is 597. The monoisotopic (exact) mass is 295 g/mol. The summed E-state index contributed by atoms with van der Waals surface area (Å²) in [6.07, 6.45) is -4.73. The Hall–Kier alpha value is -1.77. The molecule has 0 aliphatic heterocycles. The number of sulfonamides is 1. The maximum atomic E-state index is 12.8. The summed E-state index contributed by atoms with van der Waals surface area (Å²) in [6, 6.07) is 2.70. The van der Waals surface area contributed by atoms with E-state index in [1.807, 2.05) is 4.72 Å². The molecule has 9 heteroatoms. The number of anilines is 1. The van der Waals surface area contributed by atoms with Gasteiger partial charge in [-0.2, -0.15) is 13.2 Å². The van der Waals surface area contributed by atoms with Crippen molar-refractivity contribution in [2.24, 2.45) is 5.73 Å². The normalized spacial score (nSPS) is 12.2. The lowest BCUT2D eigenvalue weighted by molar-refractivity contribution is -0.137. The average molecular weight is 295 g/mol. The van der Waals surface area contributed by atoms with Crippen molar-refractivity contribution in [2.75, 3.05) is 10.5 Å².